The van der Waals surface area contributed by atoms with Crippen molar-refractivity contribution < 1.29 is 17.9 Å². The van der Waals surface area contributed by atoms with Crippen LogP contribution in [-0.2, 0) is 25.8 Å². The maximum atomic E-state index is 13.8. The number of ether oxygens (including phenoxy) is 1. The average molecular weight is 432 g/mol. The maximum Gasteiger partial charge on any atom is 0.229 e. The first-order chi connectivity index (χ1) is 14.4. The molecule has 1 N–H and O–H groups in total. The molecular formula is C22H29N3O4S. The molecule has 0 spiro atoms. The number of aromatic nitrogens is 2. The first-order valence-corrected chi connectivity index (χ1v) is 12.4. The van der Waals surface area contributed by atoms with Crippen LogP contribution in [0.25, 0.3) is 0 Å². The molecule has 4 rings (SSSR count). The first kappa shape index (κ1) is 21.1. The van der Waals surface area contributed by atoms with Crippen molar-refractivity contribution in [2.45, 2.75) is 42.9 Å². The molecule has 2 fully saturated rings. The molecule has 1 unspecified atom stereocenters. The number of likely N-dealkylation sites (tertiary alicyclic amines) is 1. The van der Waals surface area contributed by atoms with Gasteiger partial charge in [-0.2, -0.15) is 5.10 Å². The first-order valence-electron chi connectivity index (χ1n) is 10.5. The van der Waals surface area contributed by atoms with Gasteiger partial charge in [0.25, 0.3) is 0 Å². The molecule has 0 saturated carbocycles. The molecule has 0 aliphatic carbocycles. The van der Waals surface area contributed by atoms with Crippen molar-refractivity contribution in [3.63, 3.8) is 0 Å². The topological polar surface area (TPSA) is 92.4 Å². The summed E-state index contributed by atoms with van der Waals surface area (Å²) >= 11 is 0. The van der Waals surface area contributed by atoms with Crippen molar-refractivity contribution in [2.24, 2.45) is 5.41 Å². The molecule has 3 heterocycles. The predicted molar refractivity (Wildman–Crippen MR) is 113 cm³/mol. The van der Waals surface area contributed by atoms with Crippen molar-refractivity contribution >= 4 is 15.7 Å². The zero-order chi connectivity index (χ0) is 21.2. The van der Waals surface area contributed by atoms with Crippen LogP contribution in [0.15, 0.2) is 41.4 Å². The number of hydrogen-bond acceptors (Lipinski definition) is 5. The van der Waals surface area contributed by atoms with Crippen molar-refractivity contribution in [1.29, 1.82) is 0 Å². The molecule has 162 valence electrons. The van der Waals surface area contributed by atoms with E-state index in [1.165, 1.54) is 12.5 Å². The molecule has 7 nitrogen and oxygen atoms in total. The number of nitrogens with one attached hydrogen (secondary N) is 1. The van der Waals surface area contributed by atoms with E-state index in [1.54, 1.807) is 0 Å². The number of aromatic amines is 1. The molecule has 30 heavy (non-hydrogen) atoms. The Labute approximate surface area is 177 Å². The Bertz CT molecular complexity index is 981. The second-order valence-electron chi connectivity index (χ2n) is 8.57. The Morgan fingerprint density at radius 1 is 1.27 bits per heavy atom. The molecular weight excluding hydrogens is 402 g/mol. The maximum absolute atomic E-state index is 13.8. The number of amides is 1. The number of H-pyrrole nitrogens is 1. The normalized spacial score (nSPS) is 22.0. The highest BCUT2D eigenvalue weighted by molar-refractivity contribution is 7.90. The number of hydrogen-bond donors (Lipinski definition) is 1. The molecule has 2 aliphatic rings. The SMILES string of the molecule is CS(=O)(=O)c1cn[nH]c1C1CCCN(C(=O)C2(Cc3ccccc3)CCOCC2)C1. The van der Waals surface area contributed by atoms with E-state index in [2.05, 4.69) is 22.3 Å². The van der Waals surface area contributed by atoms with Crippen LogP contribution in [0.5, 0.6) is 0 Å². The third-order valence-corrected chi connectivity index (χ3v) is 7.56. The number of benzene rings is 1. The summed E-state index contributed by atoms with van der Waals surface area (Å²) in [7, 11) is -3.36. The highest BCUT2D eigenvalue weighted by atomic mass is 32.2. The van der Waals surface area contributed by atoms with E-state index in [0.29, 0.717) is 51.3 Å². The molecule has 0 bridgehead atoms. The standard InChI is InChI=1S/C22H29N3O4S/c1-30(27,28)19-15-23-24-20(19)18-8-5-11-25(16-18)21(26)22(9-12-29-13-10-22)14-17-6-3-2-4-7-17/h2-4,6-7,15,18H,5,8-14,16H2,1H3,(H,23,24). The number of piperidine rings is 1. The van der Waals surface area contributed by atoms with Gasteiger partial charge >= 0.3 is 0 Å². The molecule has 1 amide bonds. The van der Waals surface area contributed by atoms with Gasteiger partial charge in [-0.3, -0.25) is 9.89 Å². The number of carbonyl (C=O) groups is 1. The van der Waals surface area contributed by atoms with Gasteiger partial charge in [-0.15, -0.1) is 0 Å². The lowest BCUT2D eigenvalue weighted by molar-refractivity contribution is -0.149. The molecule has 1 aromatic carbocycles. The second kappa shape index (κ2) is 8.51. The lowest BCUT2D eigenvalue weighted by Gasteiger charge is -2.42. The largest absolute Gasteiger partial charge is 0.381 e. The van der Waals surface area contributed by atoms with Gasteiger partial charge in [0.1, 0.15) is 4.90 Å². The molecule has 2 aromatic rings. The highest BCUT2D eigenvalue weighted by Crippen LogP contribution is 2.39. The Balaban J connectivity index is 1.57. The molecule has 0 radical (unpaired) electrons. The number of rotatable bonds is 5. The van der Waals surface area contributed by atoms with Gasteiger partial charge in [0.2, 0.25) is 5.91 Å². The zero-order valence-electron chi connectivity index (χ0n) is 17.3. The van der Waals surface area contributed by atoms with Crippen molar-refractivity contribution in [1.82, 2.24) is 15.1 Å². The summed E-state index contributed by atoms with van der Waals surface area (Å²) in [6, 6.07) is 10.2. The fraction of sp³-hybridized carbons (Fsp3) is 0.545. The van der Waals surface area contributed by atoms with E-state index in [9.17, 15) is 13.2 Å². The van der Waals surface area contributed by atoms with Crippen LogP contribution in [0.3, 0.4) is 0 Å². The van der Waals surface area contributed by atoms with Gasteiger partial charge in [-0.05, 0) is 37.7 Å². The van der Waals surface area contributed by atoms with Crippen molar-refractivity contribution in [3.05, 3.63) is 47.8 Å². The van der Waals surface area contributed by atoms with Crippen LogP contribution in [0.1, 0.15) is 42.9 Å². The molecule has 1 aromatic heterocycles. The Morgan fingerprint density at radius 2 is 2.00 bits per heavy atom. The van der Waals surface area contributed by atoms with Crippen LogP contribution in [0.4, 0.5) is 0 Å². The Morgan fingerprint density at radius 3 is 2.70 bits per heavy atom. The summed E-state index contributed by atoms with van der Waals surface area (Å²) in [6.07, 6.45) is 6.38. The van der Waals surface area contributed by atoms with Crippen molar-refractivity contribution in [3.8, 4) is 0 Å². The monoisotopic (exact) mass is 431 g/mol. The van der Waals surface area contributed by atoms with Crippen molar-refractivity contribution in [2.75, 3.05) is 32.6 Å². The number of nitrogens with zero attached hydrogens (tertiary/aromatic N) is 2. The third-order valence-electron chi connectivity index (χ3n) is 6.44. The smallest absolute Gasteiger partial charge is 0.229 e. The van der Waals surface area contributed by atoms with Crippen LogP contribution in [0.2, 0.25) is 0 Å². The quantitative estimate of drug-likeness (QED) is 0.785. The van der Waals surface area contributed by atoms with E-state index in [1.807, 2.05) is 23.1 Å². The average Bonchev–Trinajstić information content (AvgIpc) is 3.25. The molecule has 2 saturated heterocycles. The van der Waals surface area contributed by atoms with Crippen LogP contribution in [-0.4, -0.2) is 62.0 Å². The van der Waals surface area contributed by atoms with Gasteiger partial charge in [0.05, 0.1) is 17.3 Å². The second-order valence-corrected chi connectivity index (χ2v) is 10.5. The fourth-order valence-corrected chi connectivity index (χ4v) is 5.68. The van der Waals surface area contributed by atoms with Crippen LogP contribution in [0, 0.1) is 5.41 Å². The number of carbonyl (C=O) groups excluding carboxylic acids is 1. The van der Waals surface area contributed by atoms with E-state index in [0.717, 1.165) is 18.4 Å². The van der Waals surface area contributed by atoms with E-state index >= 15 is 0 Å². The number of sulfone groups is 1. The van der Waals surface area contributed by atoms with E-state index in [4.69, 9.17) is 4.74 Å². The third kappa shape index (κ3) is 4.30. The van der Waals surface area contributed by atoms with Gasteiger partial charge in [-0.1, -0.05) is 30.3 Å². The summed E-state index contributed by atoms with van der Waals surface area (Å²) in [4.78, 5) is 16.0. The summed E-state index contributed by atoms with van der Waals surface area (Å²) < 4.78 is 29.8. The Hall–Kier alpha value is -2.19. The van der Waals surface area contributed by atoms with Gasteiger partial charge in [0.15, 0.2) is 9.84 Å². The fourth-order valence-electron chi connectivity index (χ4n) is 4.82. The molecule has 2 aliphatic heterocycles. The van der Waals surface area contributed by atoms with E-state index in [-0.39, 0.29) is 16.7 Å². The lowest BCUT2D eigenvalue weighted by Crippen LogP contribution is -2.51. The Kier molecular flexibility index (Phi) is 5.97. The highest BCUT2D eigenvalue weighted by Gasteiger charge is 2.44. The molecule has 1 atom stereocenters. The summed E-state index contributed by atoms with van der Waals surface area (Å²) in [6.45, 7) is 2.40. The van der Waals surface area contributed by atoms with Gasteiger partial charge in [0, 0.05) is 38.5 Å². The van der Waals surface area contributed by atoms with Crippen LogP contribution >= 0.6 is 0 Å². The minimum atomic E-state index is -3.36. The zero-order valence-corrected chi connectivity index (χ0v) is 18.2. The van der Waals surface area contributed by atoms with Gasteiger partial charge in [-0.25, -0.2) is 8.42 Å². The van der Waals surface area contributed by atoms with Gasteiger partial charge < -0.3 is 9.64 Å². The molecule has 8 heteroatoms. The summed E-state index contributed by atoms with van der Waals surface area (Å²) in [5, 5.41) is 6.85. The van der Waals surface area contributed by atoms with Crippen LogP contribution < -0.4 is 0 Å². The van der Waals surface area contributed by atoms with E-state index < -0.39 is 15.3 Å². The minimum Gasteiger partial charge on any atom is -0.381 e. The predicted octanol–water partition coefficient (Wildman–Crippen LogP) is 2.56. The minimum absolute atomic E-state index is 0.0523. The summed E-state index contributed by atoms with van der Waals surface area (Å²) in [5.74, 6) is 0.114. The summed E-state index contributed by atoms with van der Waals surface area (Å²) in [5.41, 5.74) is 1.32. The lowest BCUT2D eigenvalue weighted by atomic mass is 9.73.